The third kappa shape index (κ3) is 5.89. The summed E-state index contributed by atoms with van der Waals surface area (Å²) in [6, 6.07) is 5.02. The number of alkyl halides is 3. The average Bonchev–Trinajstić information content (AvgIpc) is 3.21. The number of rotatable bonds is 7. The quantitative estimate of drug-likeness (QED) is 0.329. The molecule has 188 valence electrons. The van der Waals surface area contributed by atoms with E-state index in [1.807, 2.05) is 0 Å². The van der Waals surface area contributed by atoms with E-state index in [0.717, 1.165) is 23.5 Å². The molecular formula is C22H18ClF5N2O4S. The van der Waals surface area contributed by atoms with Crippen molar-refractivity contribution in [3.8, 4) is 16.3 Å². The largest absolute Gasteiger partial charge is 0.480 e. The number of ether oxygens (including phenoxy) is 1. The molecule has 3 N–H and O–H groups in total. The van der Waals surface area contributed by atoms with Crippen molar-refractivity contribution in [3.63, 3.8) is 0 Å². The molecule has 1 heterocycles. The predicted molar refractivity (Wildman–Crippen MR) is 120 cm³/mol. The van der Waals surface area contributed by atoms with Crippen LogP contribution in [0.2, 0.25) is 5.02 Å². The van der Waals surface area contributed by atoms with Gasteiger partial charge in [0, 0.05) is 5.56 Å². The monoisotopic (exact) mass is 536 g/mol. The van der Waals surface area contributed by atoms with Crippen LogP contribution >= 0.6 is 22.9 Å². The molecule has 2 atom stereocenters. The number of nitrogens with one attached hydrogen (secondary N) is 1. The summed E-state index contributed by atoms with van der Waals surface area (Å²) in [7, 11) is 0. The standard InChI is InChI=1S/C22H18ClF5N2O4S/c1-9(32)19-16(8-31)29-21(35-19)11-7-17(34-10(2)22(26,27)28)12(6-15(11)25)20(33)30-18-13(23)4-3-5-14(18)24/h3-7,9-10,31-32H,8H2,1-2H3,(H,30,33)/t9?,10-/m0/s1. The number of carbonyl (C=O) groups excluding carboxylic acids is 1. The zero-order valence-corrected chi connectivity index (χ0v) is 19.7. The second-order valence-corrected chi connectivity index (χ2v) is 8.78. The van der Waals surface area contributed by atoms with Gasteiger partial charge in [-0.15, -0.1) is 11.3 Å². The minimum absolute atomic E-state index is 0.0570. The van der Waals surface area contributed by atoms with Crippen molar-refractivity contribution >= 4 is 34.5 Å². The number of amides is 1. The topological polar surface area (TPSA) is 91.7 Å². The van der Waals surface area contributed by atoms with Gasteiger partial charge in [-0.2, -0.15) is 13.2 Å². The first-order chi connectivity index (χ1) is 16.3. The maximum absolute atomic E-state index is 15.1. The Morgan fingerprint density at radius 1 is 1.23 bits per heavy atom. The number of thiazole rings is 1. The first kappa shape index (κ1) is 26.8. The predicted octanol–water partition coefficient (Wildman–Crippen LogP) is 5.87. The first-order valence-electron chi connectivity index (χ1n) is 9.94. The van der Waals surface area contributed by atoms with Crippen molar-refractivity contribution in [2.45, 2.75) is 38.8 Å². The van der Waals surface area contributed by atoms with Crippen LogP contribution in [0, 0.1) is 11.6 Å². The number of aliphatic hydroxyl groups excluding tert-OH is 2. The molecule has 1 aromatic heterocycles. The fourth-order valence-corrected chi connectivity index (χ4v) is 4.21. The number of carbonyl (C=O) groups is 1. The van der Waals surface area contributed by atoms with Crippen LogP contribution in [0.15, 0.2) is 30.3 Å². The Kier molecular flexibility index (Phi) is 8.00. The van der Waals surface area contributed by atoms with E-state index in [0.29, 0.717) is 13.0 Å². The highest BCUT2D eigenvalue weighted by Gasteiger charge is 2.39. The van der Waals surface area contributed by atoms with Gasteiger partial charge in [-0.1, -0.05) is 17.7 Å². The van der Waals surface area contributed by atoms with Crippen molar-refractivity contribution in [2.75, 3.05) is 5.32 Å². The summed E-state index contributed by atoms with van der Waals surface area (Å²) in [6.45, 7) is 1.52. The molecule has 6 nitrogen and oxygen atoms in total. The van der Waals surface area contributed by atoms with E-state index in [4.69, 9.17) is 16.3 Å². The molecule has 35 heavy (non-hydrogen) atoms. The highest BCUT2D eigenvalue weighted by molar-refractivity contribution is 7.15. The van der Waals surface area contributed by atoms with Gasteiger partial charge in [-0.05, 0) is 38.1 Å². The number of benzene rings is 2. The van der Waals surface area contributed by atoms with Gasteiger partial charge < -0.3 is 20.3 Å². The molecule has 0 saturated heterocycles. The summed E-state index contributed by atoms with van der Waals surface area (Å²) in [5, 5.41) is 21.2. The maximum atomic E-state index is 15.1. The van der Waals surface area contributed by atoms with Crippen LogP contribution in [-0.2, 0) is 6.61 Å². The Bertz CT molecular complexity index is 1230. The summed E-state index contributed by atoms with van der Waals surface area (Å²) in [6.07, 6.45) is -8.26. The number of nitrogens with zero attached hydrogens (tertiary/aromatic N) is 1. The van der Waals surface area contributed by atoms with Crippen LogP contribution in [0.1, 0.15) is 40.9 Å². The zero-order valence-electron chi connectivity index (χ0n) is 18.1. The van der Waals surface area contributed by atoms with Crippen molar-refractivity contribution < 1.29 is 41.7 Å². The molecule has 0 saturated carbocycles. The third-order valence-electron chi connectivity index (χ3n) is 4.77. The number of hydrogen-bond donors (Lipinski definition) is 3. The maximum Gasteiger partial charge on any atom is 0.425 e. The Balaban J connectivity index is 2.12. The van der Waals surface area contributed by atoms with Crippen molar-refractivity contribution in [1.82, 2.24) is 4.98 Å². The second-order valence-electron chi connectivity index (χ2n) is 7.34. The van der Waals surface area contributed by atoms with Gasteiger partial charge in [0.25, 0.3) is 5.91 Å². The number of anilines is 1. The first-order valence-corrected chi connectivity index (χ1v) is 11.1. The SMILES string of the molecule is CC(O)c1sc(-c2cc(O[C@@H](C)C(F)(F)F)c(C(=O)Nc3c(F)cccc3Cl)cc2F)nc1CO. The molecule has 0 aliphatic heterocycles. The van der Waals surface area contributed by atoms with Crippen molar-refractivity contribution in [2.24, 2.45) is 0 Å². The lowest BCUT2D eigenvalue weighted by molar-refractivity contribution is -0.189. The Labute approximate surface area is 205 Å². The van der Waals surface area contributed by atoms with Crippen LogP contribution in [-0.4, -0.2) is 33.4 Å². The molecule has 13 heteroatoms. The molecule has 0 spiro atoms. The number of halogens is 6. The molecule has 0 radical (unpaired) electrons. The van der Waals surface area contributed by atoms with Crippen LogP contribution in [0.4, 0.5) is 27.6 Å². The van der Waals surface area contributed by atoms with Gasteiger partial charge in [0.15, 0.2) is 6.10 Å². The summed E-state index contributed by atoms with van der Waals surface area (Å²) in [4.78, 5) is 17.1. The Hall–Kier alpha value is -2.80. The fraction of sp³-hybridized carbons (Fsp3) is 0.273. The second kappa shape index (κ2) is 10.4. The summed E-state index contributed by atoms with van der Waals surface area (Å²) < 4.78 is 73.7. The molecule has 2 aromatic carbocycles. The molecule has 0 aliphatic rings. The van der Waals surface area contributed by atoms with E-state index >= 15 is 4.39 Å². The van der Waals surface area contributed by atoms with Gasteiger partial charge in [0.2, 0.25) is 0 Å². The highest BCUT2D eigenvalue weighted by Crippen LogP contribution is 2.38. The Morgan fingerprint density at radius 2 is 1.91 bits per heavy atom. The minimum Gasteiger partial charge on any atom is -0.480 e. The van der Waals surface area contributed by atoms with Gasteiger partial charge in [0.1, 0.15) is 22.4 Å². The summed E-state index contributed by atoms with van der Waals surface area (Å²) in [5.74, 6) is -3.81. The fourth-order valence-electron chi connectivity index (χ4n) is 2.97. The minimum atomic E-state index is -4.82. The summed E-state index contributed by atoms with van der Waals surface area (Å²) in [5.41, 5.74) is -1.38. The van der Waals surface area contributed by atoms with Gasteiger partial charge in [0.05, 0.1) is 39.6 Å². The average molecular weight is 537 g/mol. The lowest BCUT2D eigenvalue weighted by Crippen LogP contribution is -2.32. The molecule has 0 bridgehead atoms. The van der Waals surface area contributed by atoms with E-state index in [1.54, 1.807) is 0 Å². The number of hydrogen-bond acceptors (Lipinski definition) is 6. The van der Waals surface area contributed by atoms with E-state index in [9.17, 15) is 32.6 Å². The third-order valence-corrected chi connectivity index (χ3v) is 6.38. The highest BCUT2D eigenvalue weighted by atomic mass is 35.5. The van der Waals surface area contributed by atoms with Crippen LogP contribution < -0.4 is 10.1 Å². The molecular weight excluding hydrogens is 519 g/mol. The Morgan fingerprint density at radius 3 is 2.46 bits per heavy atom. The van der Waals surface area contributed by atoms with Gasteiger partial charge in [-0.3, -0.25) is 4.79 Å². The molecule has 3 aromatic rings. The van der Waals surface area contributed by atoms with Crippen molar-refractivity contribution in [1.29, 1.82) is 0 Å². The van der Waals surface area contributed by atoms with Gasteiger partial charge >= 0.3 is 6.18 Å². The molecule has 0 aliphatic carbocycles. The zero-order chi connectivity index (χ0) is 26.1. The lowest BCUT2D eigenvalue weighted by atomic mass is 10.1. The molecule has 1 amide bonds. The summed E-state index contributed by atoms with van der Waals surface area (Å²) >= 11 is 6.69. The molecule has 3 rings (SSSR count). The lowest BCUT2D eigenvalue weighted by Gasteiger charge is -2.20. The van der Waals surface area contributed by atoms with Crippen LogP contribution in [0.5, 0.6) is 5.75 Å². The normalized spacial score (nSPS) is 13.4. The van der Waals surface area contributed by atoms with Crippen molar-refractivity contribution in [3.05, 3.63) is 63.1 Å². The molecule has 1 unspecified atom stereocenters. The van der Waals surface area contributed by atoms with E-state index in [2.05, 4.69) is 10.3 Å². The number of para-hydroxylation sites is 1. The van der Waals surface area contributed by atoms with E-state index in [-0.39, 0.29) is 26.2 Å². The smallest absolute Gasteiger partial charge is 0.425 e. The number of aromatic nitrogens is 1. The van der Waals surface area contributed by atoms with E-state index < -0.39 is 59.5 Å². The van der Waals surface area contributed by atoms with Gasteiger partial charge in [-0.25, -0.2) is 13.8 Å². The van der Waals surface area contributed by atoms with E-state index in [1.165, 1.54) is 19.1 Å². The van der Waals surface area contributed by atoms with Crippen LogP contribution in [0.25, 0.3) is 10.6 Å². The number of aliphatic hydroxyl groups is 2. The molecule has 0 fully saturated rings. The van der Waals surface area contributed by atoms with Crippen LogP contribution in [0.3, 0.4) is 0 Å².